The SMILES string of the molecule is Cc1oc(-c2cccc(C(F)(F)F)c2)cc1C(=O)Nc1cc(CBr)no1. The van der Waals surface area contributed by atoms with Crippen LogP contribution in [-0.4, -0.2) is 11.1 Å². The predicted molar refractivity (Wildman–Crippen MR) is 91.0 cm³/mol. The van der Waals surface area contributed by atoms with Crippen molar-refractivity contribution < 1.29 is 26.9 Å². The third-order valence-electron chi connectivity index (χ3n) is 3.57. The Bertz CT molecular complexity index is 947. The average Bonchev–Trinajstić information content (AvgIpc) is 3.20. The minimum absolute atomic E-state index is 0.158. The summed E-state index contributed by atoms with van der Waals surface area (Å²) in [4.78, 5) is 12.4. The van der Waals surface area contributed by atoms with E-state index in [-0.39, 0.29) is 28.5 Å². The summed E-state index contributed by atoms with van der Waals surface area (Å²) < 4.78 is 49.0. The molecule has 0 aliphatic rings. The summed E-state index contributed by atoms with van der Waals surface area (Å²) in [5, 5.41) is 6.72. The number of alkyl halides is 4. The monoisotopic (exact) mass is 428 g/mol. The second kappa shape index (κ2) is 6.99. The molecular formula is C17H12BrF3N2O3. The molecule has 1 aromatic carbocycles. The minimum atomic E-state index is -4.46. The Kier molecular flexibility index (Phi) is 4.90. The fourth-order valence-electron chi connectivity index (χ4n) is 2.31. The number of hydrogen-bond donors (Lipinski definition) is 1. The van der Waals surface area contributed by atoms with Gasteiger partial charge in [-0.15, -0.1) is 0 Å². The van der Waals surface area contributed by atoms with E-state index in [4.69, 9.17) is 8.94 Å². The van der Waals surface area contributed by atoms with Crippen LogP contribution in [0.15, 0.2) is 45.3 Å². The van der Waals surface area contributed by atoms with E-state index in [1.165, 1.54) is 18.2 Å². The zero-order chi connectivity index (χ0) is 18.9. The first-order chi connectivity index (χ1) is 12.3. The third-order valence-corrected chi connectivity index (χ3v) is 4.14. The number of amides is 1. The van der Waals surface area contributed by atoms with E-state index >= 15 is 0 Å². The highest BCUT2D eigenvalue weighted by Gasteiger charge is 2.30. The highest BCUT2D eigenvalue weighted by atomic mass is 79.9. The molecule has 1 N–H and O–H groups in total. The average molecular weight is 429 g/mol. The molecule has 2 heterocycles. The van der Waals surface area contributed by atoms with Crippen LogP contribution in [0.2, 0.25) is 0 Å². The van der Waals surface area contributed by atoms with Crippen molar-refractivity contribution in [2.45, 2.75) is 18.4 Å². The molecule has 0 aliphatic carbocycles. The molecule has 0 fully saturated rings. The normalized spacial score (nSPS) is 11.6. The quantitative estimate of drug-likeness (QED) is 0.564. The minimum Gasteiger partial charge on any atom is -0.461 e. The molecule has 0 saturated carbocycles. The molecule has 3 rings (SSSR count). The number of nitrogens with one attached hydrogen (secondary N) is 1. The predicted octanol–water partition coefficient (Wildman–Crippen LogP) is 5.41. The summed E-state index contributed by atoms with van der Waals surface area (Å²) in [7, 11) is 0. The molecule has 136 valence electrons. The van der Waals surface area contributed by atoms with Crippen LogP contribution in [0, 0.1) is 6.92 Å². The maximum atomic E-state index is 12.9. The van der Waals surface area contributed by atoms with Crippen LogP contribution in [0.1, 0.15) is 27.4 Å². The van der Waals surface area contributed by atoms with Crippen molar-refractivity contribution in [2.75, 3.05) is 5.32 Å². The Morgan fingerprint density at radius 2 is 2.04 bits per heavy atom. The van der Waals surface area contributed by atoms with E-state index in [1.54, 1.807) is 13.0 Å². The van der Waals surface area contributed by atoms with Gasteiger partial charge in [-0.25, -0.2) is 0 Å². The second-order valence-corrected chi connectivity index (χ2v) is 5.99. The topological polar surface area (TPSA) is 68.3 Å². The Morgan fingerprint density at radius 3 is 2.69 bits per heavy atom. The van der Waals surface area contributed by atoms with Gasteiger partial charge in [0, 0.05) is 17.0 Å². The van der Waals surface area contributed by atoms with Crippen LogP contribution in [0.25, 0.3) is 11.3 Å². The molecule has 5 nitrogen and oxygen atoms in total. The number of anilines is 1. The molecule has 3 aromatic rings. The number of aromatic nitrogens is 1. The summed E-state index contributed by atoms with van der Waals surface area (Å²) in [6.45, 7) is 1.55. The maximum absolute atomic E-state index is 12.9. The van der Waals surface area contributed by atoms with Crippen molar-refractivity contribution in [3.8, 4) is 11.3 Å². The van der Waals surface area contributed by atoms with Crippen LogP contribution in [0.5, 0.6) is 0 Å². The summed E-state index contributed by atoms with van der Waals surface area (Å²) in [6.07, 6.45) is -4.46. The number of aryl methyl sites for hydroxylation is 1. The first-order valence-corrected chi connectivity index (χ1v) is 8.51. The van der Waals surface area contributed by atoms with Crippen molar-refractivity contribution in [1.29, 1.82) is 0 Å². The summed E-state index contributed by atoms with van der Waals surface area (Å²) in [5.41, 5.74) is 0.227. The van der Waals surface area contributed by atoms with Gasteiger partial charge in [0.1, 0.15) is 11.5 Å². The first kappa shape index (κ1) is 18.2. The third kappa shape index (κ3) is 3.82. The number of halogens is 4. The van der Waals surface area contributed by atoms with Crippen molar-refractivity contribution in [3.05, 3.63) is 59.0 Å². The molecule has 1 amide bonds. The van der Waals surface area contributed by atoms with Gasteiger partial charge in [-0.05, 0) is 25.1 Å². The van der Waals surface area contributed by atoms with Gasteiger partial charge >= 0.3 is 6.18 Å². The van der Waals surface area contributed by atoms with Gasteiger partial charge in [0.2, 0.25) is 5.88 Å². The molecule has 0 spiro atoms. The zero-order valence-electron chi connectivity index (χ0n) is 13.4. The summed E-state index contributed by atoms with van der Waals surface area (Å²) >= 11 is 3.21. The lowest BCUT2D eigenvalue weighted by molar-refractivity contribution is -0.137. The van der Waals surface area contributed by atoms with Gasteiger partial charge in [0.15, 0.2) is 0 Å². The van der Waals surface area contributed by atoms with Crippen LogP contribution >= 0.6 is 15.9 Å². The van der Waals surface area contributed by atoms with E-state index in [9.17, 15) is 18.0 Å². The van der Waals surface area contributed by atoms with Gasteiger partial charge in [0.25, 0.3) is 5.91 Å². The summed E-state index contributed by atoms with van der Waals surface area (Å²) in [5.74, 6) is 0.0834. The number of hydrogen-bond acceptors (Lipinski definition) is 4. The lowest BCUT2D eigenvalue weighted by atomic mass is 10.1. The number of benzene rings is 1. The van der Waals surface area contributed by atoms with Gasteiger partial charge < -0.3 is 8.94 Å². The van der Waals surface area contributed by atoms with Gasteiger partial charge in [-0.2, -0.15) is 13.2 Å². The number of rotatable bonds is 4. The largest absolute Gasteiger partial charge is 0.461 e. The molecule has 0 radical (unpaired) electrons. The number of nitrogens with zero attached hydrogens (tertiary/aromatic N) is 1. The van der Waals surface area contributed by atoms with E-state index in [0.717, 1.165) is 12.1 Å². The lowest BCUT2D eigenvalue weighted by Crippen LogP contribution is -2.11. The lowest BCUT2D eigenvalue weighted by Gasteiger charge is -2.07. The number of carbonyl (C=O) groups is 1. The molecule has 0 aliphatic heterocycles. The standard InChI is InChI=1S/C17H12BrF3N2O3/c1-9-13(16(24)22-15-6-12(8-18)23-26-15)7-14(25-9)10-3-2-4-11(5-10)17(19,20)21/h2-7H,8H2,1H3,(H,22,24). The molecule has 2 aromatic heterocycles. The smallest absolute Gasteiger partial charge is 0.416 e. The molecular weight excluding hydrogens is 417 g/mol. The molecule has 0 saturated heterocycles. The Morgan fingerprint density at radius 1 is 1.27 bits per heavy atom. The molecule has 0 atom stereocenters. The van der Waals surface area contributed by atoms with E-state index in [2.05, 4.69) is 26.4 Å². The van der Waals surface area contributed by atoms with Crippen LogP contribution in [-0.2, 0) is 11.5 Å². The van der Waals surface area contributed by atoms with Crippen molar-refractivity contribution in [3.63, 3.8) is 0 Å². The Hall–Kier alpha value is -2.55. The fraction of sp³-hybridized carbons (Fsp3) is 0.176. The van der Waals surface area contributed by atoms with E-state index < -0.39 is 17.6 Å². The number of furan rings is 1. The Balaban J connectivity index is 1.86. The van der Waals surface area contributed by atoms with Crippen molar-refractivity contribution in [1.82, 2.24) is 5.16 Å². The van der Waals surface area contributed by atoms with Crippen molar-refractivity contribution in [2.24, 2.45) is 0 Å². The molecule has 0 unspecified atom stereocenters. The van der Waals surface area contributed by atoms with E-state index in [0.29, 0.717) is 11.0 Å². The van der Waals surface area contributed by atoms with Gasteiger partial charge in [0.05, 0.1) is 16.8 Å². The van der Waals surface area contributed by atoms with E-state index in [1.807, 2.05) is 0 Å². The Labute approximate surface area is 154 Å². The van der Waals surface area contributed by atoms with Crippen LogP contribution in [0.4, 0.5) is 19.1 Å². The maximum Gasteiger partial charge on any atom is 0.416 e. The highest BCUT2D eigenvalue weighted by Crippen LogP contribution is 2.33. The molecule has 0 bridgehead atoms. The summed E-state index contributed by atoms with van der Waals surface area (Å²) in [6, 6.07) is 7.65. The van der Waals surface area contributed by atoms with Crippen LogP contribution < -0.4 is 5.32 Å². The molecule has 9 heteroatoms. The first-order valence-electron chi connectivity index (χ1n) is 7.39. The van der Waals surface area contributed by atoms with Gasteiger partial charge in [-0.3, -0.25) is 10.1 Å². The highest BCUT2D eigenvalue weighted by molar-refractivity contribution is 9.08. The van der Waals surface area contributed by atoms with Crippen molar-refractivity contribution >= 4 is 27.7 Å². The fourth-order valence-corrected chi connectivity index (χ4v) is 2.58. The van der Waals surface area contributed by atoms with Gasteiger partial charge in [-0.1, -0.05) is 33.2 Å². The van der Waals surface area contributed by atoms with Crippen LogP contribution in [0.3, 0.4) is 0 Å². The zero-order valence-corrected chi connectivity index (χ0v) is 14.9. The second-order valence-electron chi connectivity index (χ2n) is 5.43. The molecule has 26 heavy (non-hydrogen) atoms. The number of carbonyl (C=O) groups excluding carboxylic acids is 1.